The lowest BCUT2D eigenvalue weighted by atomic mass is 9.97. The number of hydrogen-bond donors (Lipinski definition) is 1. The smallest absolute Gasteiger partial charge is 0.169 e. The minimum absolute atomic E-state index is 0.0111. The molecule has 1 aliphatic heterocycles. The summed E-state index contributed by atoms with van der Waals surface area (Å²) in [4.78, 5) is 6.68. The third kappa shape index (κ3) is 3.11. The van der Waals surface area contributed by atoms with E-state index in [9.17, 15) is 0 Å². The zero-order chi connectivity index (χ0) is 19.1. The van der Waals surface area contributed by atoms with Crippen LogP contribution in [0.25, 0.3) is 5.69 Å². The van der Waals surface area contributed by atoms with E-state index in [1.165, 1.54) is 11.3 Å². The zero-order valence-electron chi connectivity index (χ0n) is 15.5. The summed E-state index contributed by atoms with van der Waals surface area (Å²) in [5.74, 6) is 0. The maximum absolute atomic E-state index is 6.22. The van der Waals surface area contributed by atoms with Gasteiger partial charge >= 0.3 is 0 Å². The van der Waals surface area contributed by atoms with Gasteiger partial charge in [0.25, 0.3) is 0 Å². The number of hydrogen-bond acceptors (Lipinski definition) is 2. The first-order valence-electron chi connectivity index (χ1n) is 8.86. The predicted octanol–water partition coefficient (Wildman–Crippen LogP) is 4.74. The highest BCUT2D eigenvalue weighted by Crippen LogP contribution is 2.40. The molecule has 0 amide bonds. The average Bonchev–Trinajstić information content (AvgIpc) is 3.11. The van der Waals surface area contributed by atoms with E-state index in [4.69, 9.17) is 23.8 Å². The Morgan fingerprint density at radius 1 is 1.11 bits per heavy atom. The molecule has 138 valence electrons. The number of benzene rings is 1. The fraction of sp³-hybridized carbons (Fsp3) is 0.238. The van der Waals surface area contributed by atoms with Crippen LogP contribution < -0.4 is 5.32 Å². The molecule has 6 heteroatoms. The second-order valence-electron chi connectivity index (χ2n) is 6.88. The van der Waals surface area contributed by atoms with Crippen LogP contribution in [0.4, 0.5) is 0 Å². The standard InChI is InChI=1S/C21H21ClN4S/c1-13-11-17(14(2)26(13)16-8-6-7-15(22)12-16)20-19(24-21(27)25(20)3)18-9-4-5-10-23-18/h4-12,19-20H,1-3H3,(H,24,27)/t19-,20-/m0/s1. The Kier molecular flexibility index (Phi) is 4.66. The van der Waals surface area contributed by atoms with Crippen LogP contribution in [0.2, 0.25) is 5.02 Å². The molecule has 2 atom stereocenters. The Labute approximate surface area is 169 Å². The molecule has 0 unspecified atom stereocenters. The molecule has 1 N–H and O–H groups in total. The van der Waals surface area contributed by atoms with Crippen molar-refractivity contribution in [3.63, 3.8) is 0 Å². The minimum Gasteiger partial charge on any atom is -0.352 e. The molecular formula is C21H21ClN4S. The fourth-order valence-electron chi connectivity index (χ4n) is 3.95. The van der Waals surface area contributed by atoms with E-state index >= 15 is 0 Å². The van der Waals surface area contributed by atoms with Gasteiger partial charge in [-0.2, -0.15) is 0 Å². The van der Waals surface area contributed by atoms with E-state index < -0.39 is 0 Å². The maximum atomic E-state index is 6.22. The predicted molar refractivity (Wildman–Crippen MR) is 113 cm³/mol. The Morgan fingerprint density at radius 3 is 2.63 bits per heavy atom. The van der Waals surface area contributed by atoms with Crippen LogP contribution >= 0.6 is 23.8 Å². The highest BCUT2D eigenvalue weighted by Gasteiger charge is 2.39. The molecule has 0 aliphatic carbocycles. The number of aryl methyl sites for hydroxylation is 1. The summed E-state index contributed by atoms with van der Waals surface area (Å²) < 4.78 is 2.24. The van der Waals surface area contributed by atoms with Gasteiger partial charge in [0.15, 0.2) is 5.11 Å². The normalized spacial score (nSPS) is 19.4. The number of pyridine rings is 1. The van der Waals surface area contributed by atoms with Gasteiger partial charge in [0.1, 0.15) is 0 Å². The largest absolute Gasteiger partial charge is 0.352 e. The van der Waals surface area contributed by atoms with Crippen molar-refractivity contribution in [3.8, 4) is 5.69 Å². The van der Waals surface area contributed by atoms with Gasteiger partial charge in [-0.15, -0.1) is 0 Å². The number of halogens is 1. The van der Waals surface area contributed by atoms with Gasteiger partial charge < -0.3 is 14.8 Å². The van der Waals surface area contributed by atoms with E-state index in [2.05, 4.69) is 45.7 Å². The van der Waals surface area contributed by atoms with Crippen LogP contribution in [0.15, 0.2) is 54.7 Å². The molecule has 1 aromatic carbocycles. The maximum Gasteiger partial charge on any atom is 0.169 e. The molecule has 0 radical (unpaired) electrons. The molecule has 0 saturated carbocycles. The number of nitrogens with one attached hydrogen (secondary N) is 1. The van der Waals surface area contributed by atoms with Crippen molar-refractivity contribution in [3.05, 3.63) is 82.4 Å². The molecule has 4 nitrogen and oxygen atoms in total. The summed E-state index contributed by atoms with van der Waals surface area (Å²) >= 11 is 11.8. The Hall–Kier alpha value is -2.37. The molecule has 3 heterocycles. The number of thiocarbonyl (C=S) groups is 1. The Morgan fingerprint density at radius 2 is 1.93 bits per heavy atom. The zero-order valence-corrected chi connectivity index (χ0v) is 17.1. The van der Waals surface area contributed by atoms with Crippen molar-refractivity contribution in [2.75, 3.05) is 7.05 Å². The molecule has 0 bridgehead atoms. The van der Waals surface area contributed by atoms with Crippen LogP contribution in [0.1, 0.15) is 34.7 Å². The van der Waals surface area contributed by atoms with E-state index in [0.29, 0.717) is 0 Å². The van der Waals surface area contributed by atoms with E-state index in [1.807, 2.05) is 49.6 Å². The van der Waals surface area contributed by atoms with Crippen molar-refractivity contribution in [2.24, 2.45) is 0 Å². The highest BCUT2D eigenvalue weighted by atomic mass is 35.5. The van der Waals surface area contributed by atoms with Crippen molar-refractivity contribution in [1.82, 2.24) is 19.8 Å². The van der Waals surface area contributed by atoms with Crippen molar-refractivity contribution in [1.29, 1.82) is 0 Å². The summed E-state index contributed by atoms with van der Waals surface area (Å²) in [6.07, 6.45) is 1.82. The van der Waals surface area contributed by atoms with Crippen LogP contribution in [0, 0.1) is 13.8 Å². The summed E-state index contributed by atoms with van der Waals surface area (Å²) in [6.45, 7) is 4.27. The molecule has 4 rings (SSSR count). The van der Waals surface area contributed by atoms with Gasteiger partial charge in [0, 0.05) is 35.3 Å². The Balaban J connectivity index is 1.82. The second kappa shape index (κ2) is 6.98. The molecule has 3 aromatic rings. The summed E-state index contributed by atoms with van der Waals surface area (Å²) in [5.41, 5.74) is 5.63. The third-order valence-corrected chi connectivity index (χ3v) is 5.83. The van der Waals surface area contributed by atoms with Gasteiger partial charge in [0.05, 0.1) is 17.8 Å². The van der Waals surface area contributed by atoms with Gasteiger partial charge in [-0.3, -0.25) is 4.98 Å². The first kappa shape index (κ1) is 18.0. The molecule has 1 saturated heterocycles. The lowest BCUT2D eigenvalue weighted by molar-refractivity contribution is 0.367. The van der Waals surface area contributed by atoms with Gasteiger partial charge in [0.2, 0.25) is 0 Å². The quantitative estimate of drug-likeness (QED) is 0.648. The third-order valence-electron chi connectivity index (χ3n) is 5.19. The first-order chi connectivity index (χ1) is 13.0. The molecule has 1 fully saturated rings. The van der Waals surface area contributed by atoms with Crippen LogP contribution in [-0.4, -0.2) is 26.6 Å². The minimum atomic E-state index is 0.0111. The summed E-state index contributed by atoms with van der Waals surface area (Å²) in [5, 5.41) is 4.91. The Bertz CT molecular complexity index is 999. The monoisotopic (exact) mass is 396 g/mol. The topological polar surface area (TPSA) is 33.1 Å². The van der Waals surface area contributed by atoms with Gasteiger partial charge in [-0.1, -0.05) is 23.7 Å². The molecule has 2 aromatic heterocycles. The van der Waals surface area contributed by atoms with Crippen molar-refractivity contribution < 1.29 is 0 Å². The van der Waals surface area contributed by atoms with Crippen molar-refractivity contribution >= 4 is 28.9 Å². The number of rotatable bonds is 3. The molecule has 1 aliphatic rings. The van der Waals surface area contributed by atoms with E-state index in [0.717, 1.165) is 27.2 Å². The van der Waals surface area contributed by atoms with Crippen LogP contribution in [0.3, 0.4) is 0 Å². The van der Waals surface area contributed by atoms with Crippen LogP contribution in [0.5, 0.6) is 0 Å². The second-order valence-corrected chi connectivity index (χ2v) is 7.70. The lowest BCUT2D eigenvalue weighted by Crippen LogP contribution is -2.25. The number of aromatic nitrogens is 2. The number of likely N-dealkylation sites (N-methyl/N-ethyl adjacent to an activating group) is 1. The lowest BCUT2D eigenvalue weighted by Gasteiger charge is -2.24. The van der Waals surface area contributed by atoms with Crippen molar-refractivity contribution in [2.45, 2.75) is 25.9 Å². The molecule has 0 spiro atoms. The molecule has 27 heavy (non-hydrogen) atoms. The molecular weight excluding hydrogens is 376 g/mol. The number of nitrogens with zero attached hydrogens (tertiary/aromatic N) is 3. The SMILES string of the molecule is Cc1cc([C@H]2[C@H](c3ccccn3)NC(=S)N2C)c(C)n1-c1cccc(Cl)c1. The first-order valence-corrected chi connectivity index (χ1v) is 9.65. The van der Waals surface area contributed by atoms with Crippen LogP contribution in [-0.2, 0) is 0 Å². The summed E-state index contributed by atoms with van der Waals surface area (Å²) in [6, 6.07) is 16.2. The average molecular weight is 397 g/mol. The van der Waals surface area contributed by atoms with Gasteiger partial charge in [-0.25, -0.2) is 0 Å². The highest BCUT2D eigenvalue weighted by molar-refractivity contribution is 7.80. The van der Waals surface area contributed by atoms with Gasteiger partial charge in [-0.05, 0) is 68.0 Å². The fourth-order valence-corrected chi connectivity index (χ4v) is 4.37. The van der Waals surface area contributed by atoms with E-state index in [1.54, 1.807) is 0 Å². The van der Waals surface area contributed by atoms with E-state index in [-0.39, 0.29) is 12.1 Å². The summed E-state index contributed by atoms with van der Waals surface area (Å²) in [7, 11) is 2.04.